The molecular weight excluding hydrogens is 298 g/mol. The molecule has 0 aliphatic heterocycles. The van der Waals surface area contributed by atoms with E-state index >= 15 is 0 Å². The van der Waals surface area contributed by atoms with Gasteiger partial charge < -0.3 is 9.90 Å². The van der Waals surface area contributed by atoms with E-state index in [1.165, 1.54) is 70.6 Å². The number of aromatic carboxylic acids is 1. The second-order valence-electron chi connectivity index (χ2n) is 6.78. The highest BCUT2D eigenvalue weighted by molar-refractivity contribution is 5.86. The maximum atomic E-state index is 11.0. The van der Waals surface area contributed by atoms with Gasteiger partial charge in [0, 0.05) is 17.5 Å². The predicted octanol–water partition coefficient (Wildman–Crippen LogP) is 5.08. The van der Waals surface area contributed by atoms with Gasteiger partial charge in [0.05, 0.1) is 5.97 Å². The molecule has 1 aromatic rings. The Labute approximate surface area is 147 Å². The number of rotatable bonds is 15. The first-order chi connectivity index (χ1) is 11.8. The van der Waals surface area contributed by atoms with Crippen LogP contribution in [0.25, 0.3) is 0 Å². The number of aromatic nitrogens is 1. The quantitative estimate of drug-likeness (QED) is 0.421. The molecule has 0 radical (unpaired) electrons. The molecule has 0 saturated heterocycles. The van der Waals surface area contributed by atoms with E-state index in [9.17, 15) is 9.90 Å². The lowest BCUT2D eigenvalue weighted by Gasteiger charge is -2.08. The van der Waals surface area contributed by atoms with Crippen molar-refractivity contribution in [1.82, 2.24) is 4.98 Å². The molecule has 3 heteroatoms. The number of nitrogens with zero attached hydrogens (tertiary/aromatic N) is 1. The summed E-state index contributed by atoms with van der Waals surface area (Å²) in [6, 6.07) is 3.23. The van der Waals surface area contributed by atoms with Crippen LogP contribution in [0.4, 0.5) is 0 Å². The maximum absolute atomic E-state index is 11.0. The number of hydrogen-bond acceptors (Lipinski definition) is 3. The standard InChI is InChI=1S/C21H35NO2/c1-2-3-4-5-6-7-8-9-10-11-12-13-14-17-20-19(21(23)24)16-15-18-22-20/h15-16,18H,2-14,17H2,1H3,(H,23,24)/p-1. The van der Waals surface area contributed by atoms with Crippen LogP contribution in [-0.2, 0) is 6.42 Å². The summed E-state index contributed by atoms with van der Waals surface area (Å²) in [6.45, 7) is 2.26. The fourth-order valence-electron chi connectivity index (χ4n) is 3.13. The normalized spacial score (nSPS) is 10.9. The lowest BCUT2D eigenvalue weighted by Crippen LogP contribution is -2.24. The number of carboxylic acids is 1. The van der Waals surface area contributed by atoms with E-state index < -0.39 is 5.97 Å². The van der Waals surface area contributed by atoms with Gasteiger partial charge in [0.2, 0.25) is 0 Å². The highest BCUT2D eigenvalue weighted by Crippen LogP contribution is 2.14. The van der Waals surface area contributed by atoms with Crippen molar-refractivity contribution < 1.29 is 9.90 Å². The van der Waals surface area contributed by atoms with Crippen LogP contribution in [0, 0.1) is 0 Å². The molecule has 1 rings (SSSR count). The molecule has 0 atom stereocenters. The third-order valence-electron chi connectivity index (χ3n) is 4.63. The average Bonchev–Trinajstić information content (AvgIpc) is 2.59. The molecule has 0 aromatic carbocycles. The summed E-state index contributed by atoms with van der Waals surface area (Å²) in [5.74, 6) is -1.12. The lowest BCUT2D eigenvalue weighted by atomic mass is 10.0. The summed E-state index contributed by atoms with van der Waals surface area (Å²) in [7, 11) is 0. The van der Waals surface area contributed by atoms with Crippen LogP contribution in [0.15, 0.2) is 18.3 Å². The van der Waals surface area contributed by atoms with Gasteiger partial charge in [-0.3, -0.25) is 4.98 Å². The number of carbonyl (C=O) groups excluding carboxylic acids is 1. The second-order valence-corrected chi connectivity index (χ2v) is 6.78. The molecule has 136 valence electrons. The van der Waals surface area contributed by atoms with E-state index in [-0.39, 0.29) is 5.56 Å². The molecular formula is C21H34NO2-. The van der Waals surface area contributed by atoms with Gasteiger partial charge in [-0.2, -0.15) is 0 Å². The van der Waals surface area contributed by atoms with E-state index in [0.717, 1.165) is 19.3 Å². The van der Waals surface area contributed by atoms with E-state index in [1.807, 2.05) is 0 Å². The van der Waals surface area contributed by atoms with Gasteiger partial charge in [0.15, 0.2) is 0 Å². The number of carboxylic acid groups (broad SMARTS) is 1. The van der Waals surface area contributed by atoms with Crippen LogP contribution in [0.3, 0.4) is 0 Å². The molecule has 0 unspecified atom stereocenters. The Hall–Kier alpha value is -1.38. The van der Waals surface area contributed by atoms with Crippen LogP contribution < -0.4 is 5.11 Å². The van der Waals surface area contributed by atoms with E-state index in [4.69, 9.17) is 0 Å². The van der Waals surface area contributed by atoms with Crippen molar-refractivity contribution in [3.05, 3.63) is 29.6 Å². The molecule has 0 spiro atoms. The Balaban J connectivity index is 1.93. The zero-order valence-corrected chi connectivity index (χ0v) is 15.4. The van der Waals surface area contributed by atoms with Crippen LogP contribution in [0.1, 0.15) is 106 Å². The monoisotopic (exact) mass is 332 g/mol. The zero-order chi connectivity index (χ0) is 17.5. The molecule has 1 heterocycles. The van der Waals surface area contributed by atoms with Crippen molar-refractivity contribution in [2.24, 2.45) is 0 Å². The Morgan fingerprint density at radius 2 is 1.38 bits per heavy atom. The molecule has 0 aliphatic carbocycles. The SMILES string of the molecule is CCCCCCCCCCCCCCCc1ncccc1C(=O)[O-]. The zero-order valence-electron chi connectivity index (χ0n) is 15.4. The minimum absolute atomic E-state index is 0.247. The van der Waals surface area contributed by atoms with Crippen molar-refractivity contribution in [2.75, 3.05) is 0 Å². The summed E-state index contributed by atoms with van der Waals surface area (Å²) < 4.78 is 0. The molecule has 0 fully saturated rings. The molecule has 3 nitrogen and oxygen atoms in total. The van der Waals surface area contributed by atoms with Crippen molar-refractivity contribution in [2.45, 2.75) is 96.8 Å². The van der Waals surface area contributed by atoms with Crippen molar-refractivity contribution in [3.8, 4) is 0 Å². The average molecular weight is 333 g/mol. The third-order valence-corrected chi connectivity index (χ3v) is 4.63. The minimum Gasteiger partial charge on any atom is -0.545 e. The van der Waals surface area contributed by atoms with Crippen LogP contribution >= 0.6 is 0 Å². The third kappa shape index (κ3) is 9.69. The van der Waals surface area contributed by atoms with Gasteiger partial charge in [0.25, 0.3) is 0 Å². The first-order valence-electron chi connectivity index (χ1n) is 9.91. The van der Waals surface area contributed by atoms with Gasteiger partial charge in [0.1, 0.15) is 0 Å². The first-order valence-corrected chi connectivity index (χ1v) is 9.91. The van der Waals surface area contributed by atoms with Crippen molar-refractivity contribution in [1.29, 1.82) is 0 Å². The van der Waals surface area contributed by atoms with Gasteiger partial charge in [-0.1, -0.05) is 84.0 Å². The summed E-state index contributed by atoms with van der Waals surface area (Å²) >= 11 is 0. The topological polar surface area (TPSA) is 53.0 Å². The van der Waals surface area contributed by atoms with Gasteiger partial charge >= 0.3 is 0 Å². The van der Waals surface area contributed by atoms with Crippen molar-refractivity contribution in [3.63, 3.8) is 0 Å². The highest BCUT2D eigenvalue weighted by Gasteiger charge is 2.03. The van der Waals surface area contributed by atoms with E-state index in [2.05, 4.69) is 11.9 Å². The fraction of sp³-hybridized carbons (Fsp3) is 0.714. The smallest absolute Gasteiger partial charge is 0.0733 e. The molecule has 0 N–H and O–H groups in total. The molecule has 1 aromatic heterocycles. The molecule has 0 saturated carbocycles. The summed E-state index contributed by atoms with van der Waals surface area (Å²) in [4.78, 5) is 15.2. The van der Waals surface area contributed by atoms with Crippen LogP contribution in [0.2, 0.25) is 0 Å². The Kier molecular flexibility index (Phi) is 12.1. The molecule has 0 amide bonds. The second kappa shape index (κ2) is 14.0. The number of unbranched alkanes of at least 4 members (excludes halogenated alkanes) is 12. The van der Waals surface area contributed by atoms with Crippen molar-refractivity contribution >= 4 is 5.97 Å². The largest absolute Gasteiger partial charge is 0.545 e. The van der Waals surface area contributed by atoms with E-state index in [1.54, 1.807) is 18.3 Å². The predicted molar refractivity (Wildman–Crippen MR) is 98.0 cm³/mol. The molecule has 0 aliphatic rings. The summed E-state index contributed by atoms with van der Waals surface area (Å²) in [5.41, 5.74) is 0.914. The van der Waals surface area contributed by atoms with E-state index in [0.29, 0.717) is 5.69 Å². The fourth-order valence-corrected chi connectivity index (χ4v) is 3.13. The number of carbonyl (C=O) groups is 1. The lowest BCUT2D eigenvalue weighted by molar-refractivity contribution is -0.255. The summed E-state index contributed by atoms with van der Waals surface area (Å²) in [5, 5.41) is 11.0. The van der Waals surface area contributed by atoms with Gasteiger partial charge in [-0.05, 0) is 25.0 Å². The van der Waals surface area contributed by atoms with Crippen LogP contribution in [0.5, 0.6) is 0 Å². The molecule has 0 bridgehead atoms. The van der Waals surface area contributed by atoms with Gasteiger partial charge in [-0.25, -0.2) is 0 Å². The Morgan fingerprint density at radius 1 is 0.875 bits per heavy atom. The molecule has 24 heavy (non-hydrogen) atoms. The highest BCUT2D eigenvalue weighted by atomic mass is 16.4. The summed E-state index contributed by atoms with van der Waals surface area (Å²) in [6.07, 6.45) is 19.5. The minimum atomic E-state index is -1.12. The Morgan fingerprint density at radius 3 is 1.88 bits per heavy atom. The Bertz CT molecular complexity index is 445. The van der Waals surface area contributed by atoms with Gasteiger partial charge in [-0.15, -0.1) is 0 Å². The number of aryl methyl sites for hydroxylation is 1. The maximum Gasteiger partial charge on any atom is 0.0733 e. The number of hydrogen-bond donors (Lipinski definition) is 0. The van der Waals surface area contributed by atoms with Crippen LogP contribution in [-0.4, -0.2) is 11.0 Å². The first kappa shape index (κ1) is 20.7. The number of pyridine rings is 1.